The fourth-order valence-corrected chi connectivity index (χ4v) is 1.13. The predicted octanol–water partition coefficient (Wildman–Crippen LogP) is 2.69. The monoisotopic (exact) mass is 172 g/mol. The van der Waals surface area contributed by atoms with Gasteiger partial charge in [-0.3, -0.25) is 4.98 Å². The zero-order valence-corrected chi connectivity index (χ0v) is 6.87. The van der Waals surface area contributed by atoms with E-state index < -0.39 is 0 Å². The van der Waals surface area contributed by atoms with Crippen molar-refractivity contribution in [2.24, 2.45) is 0 Å². The van der Waals surface area contributed by atoms with E-state index in [1.165, 1.54) is 12.1 Å². The fourth-order valence-electron chi connectivity index (χ4n) is 1.13. The Morgan fingerprint density at radius 3 is 2.38 bits per heavy atom. The minimum atomic E-state index is -0.223. The van der Waals surface area contributed by atoms with Crippen LogP contribution in [0.3, 0.4) is 0 Å². The molecule has 0 spiro atoms. The second kappa shape index (κ2) is 3.35. The Labute approximate surface area is 75.9 Å². The van der Waals surface area contributed by atoms with E-state index in [0.717, 1.165) is 11.1 Å². The highest BCUT2D eigenvalue weighted by Crippen LogP contribution is 2.17. The van der Waals surface area contributed by atoms with E-state index in [1.54, 1.807) is 24.4 Å². The van der Waals surface area contributed by atoms with E-state index in [0.29, 0.717) is 0 Å². The number of aromatic nitrogens is 1. The van der Waals surface area contributed by atoms with Gasteiger partial charge in [-0.05, 0) is 23.8 Å². The van der Waals surface area contributed by atoms with Crippen LogP contribution in [0.2, 0.25) is 0 Å². The Morgan fingerprint density at radius 2 is 1.77 bits per heavy atom. The third kappa shape index (κ3) is 1.72. The molecule has 63 valence electrons. The van der Waals surface area contributed by atoms with Gasteiger partial charge >= 0.3 is 0 Å². The van der Waals surface area contributed by atoms with Gasteiger partial charge in [0.2, 0.25) is 0 Å². The van der Waals surface area contributed by atoms with Crippen LogP contribution in [0.25, 0.3) is 11.1 Å². The van der Waals surface area contributed by atoms with Crippen LogP contribution in [0.5, 0.6) is 0 Å². The smallest absolute Gasteiger partial charge is 0.123 e. The number of nitrogens with zero attached hydrogens (tertiary/aromatic N) is 1. The van der Waals surface area contributed by atoms with Crippen molar-refractivity contribution in [1.82, 2.24) is 4.98 Å². The molecule has 0 unspecified atom stereocenters. The molecular weight excluding hydrogens is 165 g/mol. The molecule has 13 heavy (non-hydrogen) atoms. The molecule has 0 saturated carbocycles. The standard InChI is InChI=1S/C11H7FN/c12-11-5-3-9(4-6-11)10-2-1-7-13-8-10/h1-6,8H. The maximum atomic E-state index is 12.6. The highest BCUT2D eigenvalue weighted by atomic mass is 19.1. The predicted molar refractivity (Wildman–Crippen MR) is 48.5 cm³/mol. The van der Waals surface area contributed by atoms with E-state index in [-0.39, 0.29) is 5.82 Å². The van der Waals surface area contributed by atoms with Crippen molar-refractivity contribution in [3.8, 4) is 11.1 Å². The molecule has 0 aliphatic rings. The van der Waals surface area contributed by atoms with E-state index >= 15 is 0 Å². The topological polar surface area (TPSA) is 12.9 Å². The van der Waals surface area contributed by atoms with Crippen LogP contribution < -0.4 is 0 Å². The van der Waals surface area contributed by atoms with E-state index in [9.17, 15) is 4.39 Å². The lowest BCUT2D eigenvalue weighted by atomic mass is 10.1. The summed E-state index contributed by atoms with van der Waals surface area (Å²) in [6.45, 7) is 0. The Morgan fingerprint density at radius 1 is 1.00 bits per heavy atom. The van der Waals surface area contributed by atoms with Crippen LogP contribution >= 0.6 is 0 Å². The van der Waals surface area contributed by atoms with E-state index in [2.05, 4.69) is 11.2 Å². The van der Waals surface area contributed by atoms with Crippen molar-refractivity contribution in [2.75, 3.05) is 0 Å². The zero-order valence-electron chi connectivity index (χ0n) is 6.87. The molecule has 2 aromatic rings. The lowest BCUT2D eigenvalue weighted by Crippen LogP contribution is -1.79. The Kier molecular flexibility index (Phi) is 2.04. The summed E-state index contributed by atoms with van der Waals surface area (Å²) in [7, 11) is 0. The van der Waals surface area contributed by atoms with Crippen molar-refractivity contribution in [3.05, 3.63) is 54.6 Å². The largest absolute Gasteiger partial charge is 0.254 e. The molecule has 1 aromatic carbocycles. The lowest BCUT2D eigenvalue weighted by molar-refractivity contribution is 0.628. The van der Waals surface area contributed by atoms with Crippen molar-refractivity contribution < 1.29 is 4.39 Å². The molecule has 0 bridgehead atoms. The first-order valence-electron chi connectivity index (χ1n) is 3.94. The van der Waals surface area contributed by atoms with Gasteiger partial charge in [-0.15, -0.1) is 0 Å². The summed E-state index contributed by atoms with van der Waals surface area (Å²) in [5, 5.41) is 0. The third-order valence-corrected chi connectivity index (χ3v) is 1.79. The van der Waals surface area contributed by atoms with Gasteiger partial charge in [-0.25, -0.2) is 4.39 Å². The number of hydrogen-bond donors (Lipinski definition) is 0. The maximum absolute atomic E-state index is 12.6. The molecular formula is C11H7FN. The zero-order chi connectivity index (χ0) is 9.10. The average Bonchev–Trinajstić information content (AvgIpc) is 2.20. The Balaban J connectivity index is 2.42. The number of halogens is 1. The molecule has 0 aliphatic carbocycles. The normalized spacial score (nSPS) is 9.92. The molecule has 0 fully saturated rings. The number of benzene rings is 1. The SMILES string of the molecule is Fc1ccc(-c2cc[c]nc2)cc1. The van der Waals surface area contributed by atoms with Gasteiger partial charge in [0.1, 0.15) is 5.82 Å². The molecule has 1 heterocycles. The van der Waals surface area contributed by atoms with Crippen LogP contribution in [0.1, 0.15) is 0 Å². The molecule has 1 radical (unpaired) electrons. The first kappa shape index (κ1) is 7.92. The lowest BCUT2D eigenvalue weighted by Gasteiger charge is -1.98. The molecule has 0 aliphatic heterocycles. The summed E-state index contributed by atoms with van der Waals surface area (Å²) in [5.41, 5.74) is 1.93. The number of rotatable bonds is 1. The van der Waals surface area contributed by atoms with Gasteiger partial charge < -0.3 is 0 Å². The van der Waals surface area contributed by atoms with Crippen LogP contribution in [0.15, 0.2) is 42.6 Å². The number of pyridine rings is 1. The average molecular weight is 172 g/mol. The van der Waals surface area contributed by atoms with Gasteiger partial charge in [0.05, 0.1) is 6.20 Å². The molecule has 0 N–H and O–H groups in total. The molecule has 1 aromatic heterocycles. The van der Waals surface area contributed by atoms with Crippen molar-refractivity contribution in [2.45, 2.75) is 0 Å². The summed E-state index contributed by atoms with van der Waals surface area (Å²) in [6, 6.07) is 9.95. The second-order valence-corrected chi connectivity index (χ2v) is 2.68. The highest BCUT2D eigenvalue weighted by molar-refractivity contribution is 5.61. The van der Waals surface area contributed by atoms with E-state index in [4.69, 9.17) is 0 Å². The summed E-state index contributed by atoms with van der Waals surface area (Å²) >= 11 is 0. The highest BCUT2D eigenvalue weighted by Gasteiger charge is 1.96. The Hall–Kier alpha value is -1.70. The summed E-state index contributed by atoms with van der Waals surface area (Å²) < 4.78 is 12.6. The summed E-state index contributed by atoms with van der Waals surface area (Å²) in [4.78, 5) is 3.86. The van der Waals surface area contributed by atoms with E-state index in [1.807, 2.05) is 6.07 Å². The third-order valence-electron chi connectivity index (χ3n) is 1.79. The molecule has 1 nitrogen and oxygen atoms in total. The van der Waals surface area contributed by atoms with Gasteiger partial charge in [-0.2, -0.15) is 0 Å². The number of hydrogen-bond acceptors (Lipinski definition) is 1. The maximum Gasteiger partial charge on any atom is 0.123 e. The molecule has 0 saturated heterocycles. The minimum absolute atomic E-state index is 0.223. The van der Waals surface area contributed by atoms with Gasteiger partial charge in [0, 0.05) is 11.8 Å². The first-order valence-corrected chi connectivity index (χ1v) is 3.94. The van der Waals surface area contributed by atoms with Crippen LogP contribution in [0.4, 0.5) is 4.39 Å². The van der Waals surface area contributed by atoms with Crippen LogP contribution in [0, 0.1) is 12.0 Å². The molecule has 2 heteroatoms. The molecule has 0 atom stereocenters. The minimum Gasteiger partial charge on any atom is -0.254 e. The van der Waals surface area contributed by atoms with Gasteiger partial charge in [0.25, 0.3) is 0 Å². The molecule has 0 amide bonds. The van der Waals surface area contributed by atoms with Crippen LogP contribution in [-0.4, -0.2) is 4.98 Å². The van der Waals surface area contributed by atoms with Crippen molar-refractivity contribution >= 4 is 0 Å². The first-order chi connectivity index (χ1) is 6.36. The second-order valence-electron chi connectivity index (χ2n) is 2.68. The molecule has 2 rings (SSSR count). The van der Waals surface area contributed by atoms with Gasteiger partial charge in [-0.1, -0.05) is 18.2 Å². The van der Waals surface area contributed by atoms with Crippen molar-refractivity contribution in [3.63, 3.8) is 0 Å². The van der Waals surface area contributed by atoms with Gasteiger partial charge in [0.15, 0.2) is 0 Å². The van der Waals surface area contributed by atoms with Crippen LogP contribution in [-0.2, 0) is 0 Å². The quantitative estimate of drug-likeness (QED) is 0.644. The Bertz CT molecular complexity index is 381. The van der Waals surface area contributed by atoms with Crippen molar-refractivity contribution in [1.29, 1.82) is 0 Å². The summed E-state index contributed by atoms with van der Waals surface area (Å²) in [6.07, 6.45) is 4.39. The fraction of sp³-hybridized carbons (Fsp3) is 0. The summed E-state index contributed by atoms with van der Waals surface area (Å²) in [5.74, 6) is -0.223.